The lowest BCUT2D eigenvalue weighted by Crippen LogP contribution is -1.94. The van der Waals surface area contributed by atoms with Gasteiger partial charge in [0.25, 0.3) is 0 Å². The van der Waals surface area contributed by atoms with Gasteiger partial charge in [-0.05, 0) is 19.1 Å². The van der Waals surface area contributed by atoms with Gasteiger partial charge in [0.1, 0.15) is 0 Å². The number of aryl methyl sites for hydroxylation is 1. The molecule has 0 atom stereocenters. The van der Waals surface area contributed by atoms with Crippen molar-refractivity contribution >= 4 is 0 Å². The van der Waals surface area contributed by atoms with Crippen molar-refractivity contribution in [3.8, 4) is 0 Å². The Kier molecular flexibility index (Phi) is 6.19. The average Bonchev–Trinajstić information content (AvgIpc) is 2.13. The standard InChI is InChI=1S/C7H10N2O.C2H6/c1-6-3-4-7(5-10-2)9-8-6;1-2/h3-4H,5H2,1-2H3;1-2H3. The zero-order chi connectivity index (χ0) is 9.40. The Morgan fingerprint density at radius 1 is 1.25 bits per heavy atom. The molecule has 0 N–H and O–H groups in total. The van der Waals surface area contributed by atoms with Gasteiger partial charge in [0.2, 0.25) is 0 Å². The highest BCUT2D eigenvalue weighted by Gasteiger charge is 1.91. The van der Waals surface area contributed by atoms with Crippen LogP contribution in [0.5, 0.6) is 0 Å². The third-order valence-corrected chi connectivity index (χ3v) is 1.15. The fraction of sp³-hybridized carbons (Fsp3) is 0.556. The van der Waals surface area contributed by atoms with Crippen LogP contribution in [0.1, 0.15) is 25.2 Å². The Bertz CT molecular complexity index is 196. The van der Waals surface area contributed by atoms with E-state index in [1.54, 1.807) is 7.11 Å². The maximum atomic E-state index is 4.87. The zero-order valence-electron chi connectivity index (χ0n) is 8.16. The van der Waals surface area contributed by atoms with Crippen molar-refractivity contribution in [3.05, 3.63) is 23.5 Å². The molecule has 0 spiro atoms. The van der Waals surface area contributed by atoms with Gasteiger partial charge in [-0.25, -0.2) is 0 Å². The molecule has 0 aliphatic heterocycles. The summed E-state index contributed by atoms with van der Waals surface area (Å²) in [6.45, 7) is 6.44. The summed E-state index contributed by atoms with van der Waals surface area (Å²) in [7, 11) is 1.64. The van der Waals surface area contributed by atoms with Crippen molar-refractivity contribution in [3.63, 3.8) is 0 Å². The van der Waals surface area contributed by atoms with Gasteiger partial charge in [0, 0.05) is 7.11 Å². The van der Waals surface area contributed by atoms with Crippen molar-refractivity contribution in [2.45, 2.75) is 27.4 Å². The van der Waals surface area contributed by atoms with E-state index < -0.39 is 0 Å². The van der Waals surface area contributed by atoms with Crippen molar-refractivity contribution < 1.29 is 4.74 Å². The van der Waals surface area contributed by atoms with E-state index in [4.69, 9.17) is 4.74 Å². The maximum Gasteiger partial charge on any atom is 0.0902 e. The van der Waals surface area contributed by atoms with E-state index >= 15 is 0 Å². The Hall–Kier alpha value is -0.960. The topological polar surface area (TPSA) is 35.0 Å². The van der Waals surface area contributed by atoms with E-state index in [1.165, 1.54) is 0 Å². The number of hydrogen-bond donors (Lipinski definition) is 0. The van der Waals surface area contributed by atoms with E-state index in [0.29, 0.717) is 6.61 Å². The number of rotatable bonds is 2. The second kappa shape index (κ2) is 6.73. The molecule has 0 fully saturated rings. The SMILES string of the molecule is CC.COCc1ccc(C)nn1. The summed E-state index contributed by atoms with van der Waals surface area (Å²) in [6.07, 6.45) is 0. The van der Waals surface area contributed by atoms with Crippen molar-refractivity contribution in [1.29, 1.82) is 0 Å². The van der Waals surface area contributed by atoms with Gasteiger partial charge in [-0.15, -0.1) is 0 Å². The van der Waals surface area contributed by atoms with Crippen LogP contribution >= 0.6 is 0 Å². The lowest BCUT2D eigenvalue weighted by atomic mass is 10.3. The molecule has 1 heterocycles. The number of aromatic nitrogens is 2. The van der Waals surface area contributed by atoms with E-state index in [1.807, 2.05) is 32.9 Å². The molecule has 0 amide bonds. The third-order valence-electron chi connectivity index (χ3n) is 1.15. The minimum atomic E-state index is 0.535. The van der Waals surface area contributed by atoms with Crippen LogP contribution < -0.4 is 0 Å². The summed E-state index contributed by atoms with van der Waals surface area (Å²) in [6, 6.07) is 3.83. The second-order valence-corrected chi connectivity index (χ2v) is 2.10. The average molecular weight is 168 g/mol. The molecule has 3 nitrogen and oxygen atoms in total. The summed E-state index contributed by atoms with van der Waals surface area (Å²) in [5, 5.41) is 7.76. The monoisotopic (exact) mass is 168 g/mol. The van der Waals surface area contributed by atoms with Crippen LogP contribution in [0.2, 0.25) is 0 Å². The number of ether oxygens (including phenoxy) is 1. The number of hydrogen-bond acceptors (Lipinski definition) is 3. The maximum absolute atomic E-state index is 4.87. The van der Waals surface area contributed by atoms with Crippen LogP contribution in [0.15, 0.2) is 12.1 Å². The Balaban J connectivity index is 0.000000561. The Labute approximate surface area is 73.8 Å². The normalized spacial score (nSPS) is 8.67. The van der Waals surface area contributed by atoms with E-state index in [9.17, 15) is 0 Å². The fourth-order valence-corrected chi connectivity index (χ4v) is 0.651. The second-order valence-electron chi connectivity index (χ2n) is 2.10. The Morgan fingerprint density at radius 3 is 2.33 bits per heavy atom. The molecule has 0 aliphatic rings. The van der Waals surface area contributed by atoms with Crippen molar-refractivity contribution in [2.24, 2.45) is 0 Å². The molecule has 12 heavy (non-hydrogen) atoms. The predicted octanol–water partition coefficient (Wildman–Crippen LogP) is 1.96. The molecule has 0 aromatic carbocycles. The smallest absolute Gasteiger partial charge is 0.0902 e. The van der Waals surface area contributed by atoms with Gasteiger partial charge >= 0.3 is 0 Å². The molecule has 1 aromatic rings. The van der Waals surface area contributed by atoms with E-state index in [-0.39, 0.29) is 0 Å². The molecular formula is C9H16N2O. The van der Waals surface area contributed by atoms with Gasteiger partial charge in [0.15, 0.2) is 0 Å². The lowest BCUT2D eigenvalue weighted by molar-refractivity contribution is 0.180. The quantitative estimate of drug-likeness (QED) is 0.677. The number of methoxy groups -OCH3 is 1. The van der Waals surface area contributed by atoms with Crippen molar-refractivity contribution in [2.75, 3.05) is 7.11 Å². The summed E-state index contributed by atoms with van der Waals surface area (Å²) < 4.78 is 4.87. The molecule has 0 aliphatic carbocycles. The van der Waals surface area contributed by atoms with Gasteiger partial charge in [-0.3, -0.25) is 0 Å². The summed E-state index contributed by atoms with van der Waals surface area (Å²) in [5.74, 6) is 0. The van der Waals surface area contributed by atoms with Crippen LogP contribution in [0.25, 0.3) is 0 Å². The van der Waals surface area contributed by atoms with Crippen LogP contribution in [-0.2, 0) is 11.3 Å². The first kappa shape index (κ1) is 11.0. The summed E-state index contributed by atoms with van der Waals surface area (Å²) in [5.41, 5.74) is 1.80. The molecule has 0 unspecified atom stereocenters. The predicted molar refractivity (Wildman–Crippen MR) is 48.8 cm³/mol. The Morgan fingerprint density at radius 2 is 1.92 bits per heavy atom. The summed E-state index contributed by atoms with van der Waals surface area (Å²) in [4.78, 5) is 0. The minimum Gasteiger partial charge on any atom is -0.378 e. The van der Waals surface area contributed by atoms with Gasteiger partial charge in [-0.1, -0.05) is 13.8 Å². The third kappa shape index (κ3) is 4.03. The first-order chi connectivity index (χ1) is 5.83. The van der Waals surface area contributed by atoms with Crippen LogP contribution in [0.4, 0.5) is 0 Å². The van der Waals surface area contributed by atoms with Gasteiger partial charge in [-0.2, -0.15) is 10.2 Å². The largest absolute Gasteiger partial charge is 0.378 e. The van der Waals surface area contributed by atoms with Gasteiger partial charge < -0.3 is 4.74 Å². The van der Waals surface area contributed by atoms with Crippen LogP contribution in [0, 0.1) is 6.92 Å². The summed E-state index contributed by atoms with van der Waals surface area (Å²) >= 11 is 0. The van der Waals surface area contributed by atoms with E-state index in [0.717, 1.165) is 11.4 Å². The minimum absolute atomic E-state index is 0.535. The molecule has 0 saturated heterocycles. The number of nitrogens with zero attached hydrogens (tertiary/aromatic N) is 2. The van der Waals surface area contributed by atoms with Crippen LogP contribution in [0.3, 0.4) is 0 Å². The molecule has 0 radical (unpaired) electrons. The lowest BCUT2D eigenvalue weighted by Gasteiger charge is -1.95. The highest BCUT2D eigenvalue weighted by molar-refractivity contribution is 5.03. The molecular weight excluding hydrogens is 152 g/mol. The van der Waals surface area contributed by atoms with E-state index in [2.05, 4.69) is 10.2 Å². The van der Waals surface area contributed by atoms with Crippen LogP contribution in [-0.4, -0.2) is 17.3 Å². The zero-order valence-corrected chi connectivity index (χ0v) is 8.16. The fourth-order valence-electron chi connectivity index (χ4n) is 0.651. The molecule has 1 aromatic heterocycles. The molecule has 0 saturated carbocycles. The highest BCUT2D eigenvalue weighted by atomic mass is 16.5. The molecule has 3 heteroatoms. The van der Waals surface area contributed by atoms with Gasteiger partial charge in [0.05, 0.1) is 18.0 Å². The first-order valence-corrected chi connectivity index (χ1v) is 4.11. The molecule has 0 bridgehead atoms. The first-order valence-electron chi connectivity index (χ1n) is 4.11. The van der Waals surface area contributed by atoms with Crippen molar-refractivity contribution in [1.82, 2.24) is 10.2 Å². The molecule has 1 rings (SSSR count). The molecule has 68 valence electrons. The highest BCUT2D eigenvalue weighted by Crippen LogP contribution is 1.95.